The number of para-hydroxylation sites is 1. The molecule has 0 saturated carbocycles. The molecule has 0 aliphatic carbocycles. The van der Waals surface area contributed by atoms with Gasteiger partial charge in [0.25, 0.3) is 5.56 Å². The highest BCUT2D eigenvalue weighted by atomic mass is 35.5. The standard InChI is InChI=1S/C19H14ClN3O2S/c1-2-25-15-10-6-3-7-12(15)11-16-18(24)23-17(21-22-19(23)26-16)13-8-4-5-9-14(13)20/h3-11H,2H2,1H3. The minimum atomic E-state index is -0.170. The Balaban J connectivity index is 1.91. The van der Waals surface area contributed by atoms with Crippen LogP contribution in [-0.2, 0) is 0 Å². The zero-order chi connectivity index (χ0) is 18.1. The van der Waals surface area contributed by atoms with E-state index in [4.69, 9.17) is 16.3 Å². The molecule has 2 aromatic carbocycles. The van der Waals surface area contributed by atoms with Gasteiger partial charge in [-0.3, -0.25) is 4.79 Å². The fourth-order valence-electron chi connectivity index (χ4n) is 2.71. The van der Waals surface area contributed by atoms with Gasteiger partial charge in [0.15, 0.2) is 5.82 Å². The first-order chi connectivity index (χ1) is 12.7. The van der Waals surface area contributed by atoms with Gasteiger partial charge >= 0.3 is 0 Å². The van der Waals surface area contributed by atoms with Crippen LogP contribution in [0.15, 0.2) is 53.3 Å². The molecular formula is C19H14ClN3O2S. The number of thiazole rings is 1. The van der Waals surface area contributed by atoms with Gasteiger partial charge in [0.2, 0.25) is 4.96 Å². The largest absolute Gasteiger partial charge is 0.493 e. The number of benzene rings is 2. The summed E-state index contributed by atoms with van der Waals surface area (Å²) < 4.78 is 7.70. The molecule has 7 heteroatoms. The molecule has 5 nitrogen and oxygen atoms in total. The van der Waals surface area contributed by atoms with E-state index in [-0.39, 0.29) is 5.56 Å². The van der Waals surface area contributed by atoms with E-state index in [1.54, 1.807) is 6.07 Å². The first-order valence-electron chi connectivity index (χ1n) is 8.05. The van der Waals surface area contributed by atoms with Gasteiger partial charge < -0.3 is 4.74 Å². The summed E-state index contributed by atoms with van der Waals surface area (Å²) in [6.45, 7) is 2.49. The van der Waals surface area contributed by atoms with Gasteiger partial charge in [0.1, 0.15) is 5.75 Å². The van der Waals surface area contributed by atoms with Crippen LogP contribution in [0.2, 0.25) is 5.02 Å². The second kappa shape index (κ2) is 6.90. The number of hydrogen-bond donors (Lipinski definition) is 0. The Hall–Kier alpha value is -2.70. The summed E-state index contributed by atoms with van der Waals surface area (Å²) in [5.74, 6) is 1.19. The van der Waals surface area contributed by atoms with Gasteiger partial charge in [-0.05, 0) is 31.2 Å². The number of rotatable bonds is 4. The van der Waals surface area contributed by atoms with Crippen molar-refractivity contribution in [1.82, 2.24) is 14.6 Å². The van der Waals surface area contributed by atoms with Crippen molar-refractivity contribution in [2.75, 3.05) is 6.61 Å². The molecule has 26 heavy (non-hydrogen) atoms. The average molecular weight is 384 g/mol. The number of halogens is 1. The molecule has 0 atom stereocenters. The van der Waals surface area contributed by atoms with Gasteiger partial charge in [-0.1, -0.05) is 53.3 Å². The molecule has 0 aliphatic rings. The average Bonchev–Trinajstić information content (AvgIpc) is 3.18. The van der Waals surface area contributed by atoms with Gasteiger partial charge in [-0.15, -0.1) is 10.2 Å². The third kappa shape index (κ3) is 2.87. The Morgan fingerprint density at radius 3 is 2.73 bits per heavy atom. The summed E-state index contributed by atoms with van der Waals surface area (Å²) in [7, 11) is 0. The van der Waals surface area contributed by atoms with E-state index in [0.29, 0.717) is 32.5 Å². The van der Waals surface area contributed by atoms with Crippen LogP contribution in [0.25, 0.3) is 22.4 Å². The van der Waals surface area contributed by atoms with Crippen LogP contribution in [0.4, 0.5) is 0 Å². The van der Waals surface area contributed by atoms with Gasteiger partial charge in [-0.2, -0.15) is 0 Å². The van der Waals surface area contributed by atoms with E-state index in [2.05, 4.69) is 10.2 Å². The lowest BCUT2D eigenvalue weighted by Crippen LogP contribution is -2.23. The molecule has 0 bridgehead atoms. The highest BCUT2D eigenvalue weighted by Gasteiger charge is 2.16. The van der Waals surface area contributed by atoms with Crippen molar-refractivity contribution in [1.29, 1.82) is 0 Å². The summed E-state index contributed by atoms with van der Waals surface area (Å²) >= 11 is 7.55. The predicted octanol–water partition coefficient (Wildman–Crippen LogP) is 3.42. The van der Waals surface area contributed by atoms with E-state index < -0.39 is 0 Å². The molecule has 4 aromatic rings. The number of aromatic nitrogens is 3. The zero-order valence-corrected chi connectivity index (χ0v) is 15.4. The third-order valence-electron chi connectivity index (χ3n) is 3.87. The molecule has 4 rings (SSSR count). The monoisotopic (exact) mass is 383 g/mol. The highest BCUT2D eigenvalue weighted by molar-refractivity contribution is 7.15. The van der Waals surface area contributed by atoms with Crippen LogP contribution in [0.5, 0.6) is 5.75 Å². The molecule has 2 aromatic heterocycles. The topological polar surface area (TPSA) is 56.5 Å². The maximum absolute atomic E-state index is 12.9. The van der Waals surface area contributed by atoms with Crippen molar-refractivity contribution in [2.24, 2.45) is 0 Å². The molecule has 0 radical (unpaired) electrons. The fraction of sp³-hybridized carbons (Fsp3) is 0.105. The molecular weight excluding hydrogens is 370 g/mol. The second-order valence-electron chi connectivity index (χ2n) is 5.51. The van der Waals surface area contributed by atoms with Crippen molar-refractivity contribution < 1.29 is 4.74 Å². The van der Waals surface area contributed by atoms with Gasteiger partial charge in [0.05, 0.1) is 16.2 Å². The van der Waals surface area contributed by atoms with Gasteiger partial charge in [-0.25, -0.2) is 4.40 Å². The van der Waals surface area contributed by atoms with Gasteiger partial charge in [0, 0.05) is 11.1 Å². The predicted molar refractivity (Wildman–Crippen MR) is 104 cm³/mol. The Morgan fingerprint density at radius 2 is 1.92 bits per heavy atom. The Labute approximate surface area is 158 Å². The summed E-state index contributed by atoms with van der Waals surface area (Å²) in [6, 6.07) is 14.9. The SMILES string of the molecule is CCOc1ccccc1C=c1sc2nnc(-c3ccccc3Cl)n2c1=O. The summed E-state index contributed by atoms with van der Waals surface area (Å²) in [5, 5.41) is 8.81. The van der Waals surface area contributed by atoms with E-state index in [0.717, 1.165) is 11.3 Å². The Bertz CT molecular complexity index is 1200. The van der Waals surface area contributed by atoms with E-state index in [9.17, 15) is 4.79 Å². The quantitative estimate of drug-likeness (QED) is 0.542. The summed E-state index contributed by atoms with van der Waals surface area (Å²) in [4.78, 5) is 13.5. The van der Waals surface area contributed by atoms with Crippen molar-refractivity contribution in [3.8, 4) is 17.1 Å². The van der Waals surface area contributed by atoms with Crippen LogP contribution in [0.1, 0.15) is 12.5 Å². The molecule has 130 valence electrons. The molecule has 0 N–H and O–H groups in total. The summed E-state index contributed by atoms with van der Waals surface area (Å²) in [6.07, 6.45) is 1.82. The molecule has 0 spiro atoms. The van der Waals surface area contributed by atoms with Crippen LogP contribution < -0.4 is 14.8 Å². The summed E-state index contributed by atoms with van der Waals surface area (Å²) in [5.41, 5.74) is 1.36. The number of hydrogen-bond acceptors (Lipinski definition) is 5. The van der Waals surface area contributed by atoms with Crippen LogP contribution in [-0.4, -0.2) is 21.2 Å². The molecule has 0 aliphatic heterocycles. The van der Waals surface area contributed by atoms with Crippen molar-refractivity contribution >= 4 is 34.0 Å². The number of fused-ring (bicyclic) bond motifs is 1. The lowest BCUT2D eigenvalue weighted by molar-refractivity contribution is 0.339. The molecule has 0 fully saturated rings. The lowest BCUT2D eigenvalue weighted by atomic mass is 10.2. The molecule has 0 saturated heterocycles. The van der Waals surface area contributed by atoms with Crippen LogP contribution in [0, 0.1) is 0 Å². The number of nitrogens with zero attached hydrogens (tertiary/aromatic N) is 3. The first kappa shape index (κ1) is 16.8. The molecule has 0 amide bonds. The minimum Gasteiger partial charge on any atom is -0.493 e. The Kier molecular flexibility index (Phi) is 4.44. The van der Waals surface area contributed by atoms with Crippen molar-refractivity contribution in [3.05, 3.63) is 74.0 Å². The molecule has 0 unspecified atom stereocenters. The minimum absolute atomic E-state index is 0.170. The maximum atomic E-state index is 12.9. The van der Waals surface area contributed by atoms with E-state index in [1.165, 1.54) is 15.7 Å². The van der Waals surface area contributed by atoms with Crippen LogP contribution >= 0.6 is 22.9 Å². The zero-order valence-electron chi connectivity index (χ0n) is 13.8. The smallest absolute Gasteiger partial charge is 0.276 e. The highest BCUT2D eigenvalue weighted by Crippen LogP contribution is 2.26. The second-order valence-corrected chi connectivity index (χ2v) is 6.92. The normalized spacial score (nSPS) is 12.0. The first-order valence-corrected chi connectivity index (χ1v) is 9.25. The molecule has 2 heterocycles. The van der Waals surface area contributed by atoms with Crippen molar-refractivity contribution in [2.45, 2.75) is 6.92 Å². The third-order valence-corrected chi connectivity index (χ3v) is 5.16. The van der Waals surface area contributed by atoms with E-state index in [1.807, 2.05) is 55.5 Å². The Morgan fingerprint density at radius 1 is 1.15 bits per heavy atom. The fourth-order valence-corrected chi connectivity index (χ4v) is 3.83. The maximum Gasteiger partial charge on any atom is 0.276 e. The van der Waals surface area contributed by atoms with E-state index >= 15 is 0 Å². The number of ether oxygens (including phenoxy) is 1. The van der Waals surface area contributed by atoms with Crippen molar-refractivity contribution in [3.63, 3.8) is 0 Å². The van der Waals surface area contributed by atoms with Crippen LogP contribution in [0.3, 0.4) is 0 Å². The lowest BCUT2D eigenvalue weighted by Gasteiger charge is -2.05.